The van der Waals surface area contributed by atoms with Crippen molar-refractivity contribution in [3.8, 4) is 34.5 Å². The molecule has 0 unspecified atom stereocenters. The Morgan fingerprint density at radius 3 is 1.40 bits per heavy atom. The highest BCUT2D eigenvalue weighted by molar-refractivity contribution is 5.59. The number of rotatable bonds is 12. The van der Waals surface area contributed by atoms with Gasteiger partial charge in [-0.2, -0.15) is 0 Å². The average Bonchev–Trinajstić information content (AvgIpc) is 3.29. The summed E-state index contributed by atoms with van der Waals surface area (Å²) in [4.78, 5) is 2.12. The molecule has 0 N–H and O–H groups in total. The zero-order valence-corrected chi connectivity index (χ0v) is 22.2. The molecule has 2 aromatic rings. The third-order valence-corrected chi connectivity index (χ3v) is 6.70. The summed E-state index contributed by atoms with van der Waals surface area (Å²) in [6.45, 7) is 1.43. The van der Waals surface area contributed by atoms with Crippen molar-refractivity contribution in [1.82, 2.24) is 4.90 Å². The second-order valence-electron chi connectivity index (χ2n) is 8.78. The van der Waals surface area contributed by atoms with Crippen LogP contribution in [-0.2, 0) is 4.74 Å². The van der Waals surface area contributed by atoms with Gasteiger partial charge in [-0.15, -0.1) is 0 Å². The van der Waals surface area contributed by atoms with E-state index in [0.717, 1.165) is 30.5 Å². The summed E-state index contributed by atoms with van der Waals surface area (Å²) in [5, 5.41) is 0. The highest BCUT2D eigenvalue weighted by Crippen LogP contribution is 2.54. The van der Waals surface area contributed by atoms with Crippen molar-refractivity contribution in [2.75, 3.05) is 69.9 Å². The van der Waals surface area contributed by atoms with E-state index in [2.05, 4.69) is 17.0 Å². The molecule has 0 aliphatic heterocycles. The van der Waals surface area contributed by atoms with Crippen molar-refractivity contribution >= 4 is 0 Å². The van der Waals surface area contributed by atoms with E-state index >= 15 is 0 Å². The molecule has 1 aliphatic rings. The van der Waals surface area contributed by atoms with E-state index in [-0.39, 0.29) is 17.9 Å². The highest BCUT2D eigenvalue weighted by atomic mass is 16.5. The Labute approximate surface area is 209 Å². The first-order chi connectivity index (χ1) is 16.9. The Kier molecular flexibility index (Phi) is 9.34. The van der Waals surface area contributed by atoms with E-state index in [1.807, 2.05) is 26.2 Å². The second kappa shape index (κ2) is 12.2. The Balaban J connectivity index is 2.08. The van der Waals surface area contributed by atoms with Gasteiger partial charge < -0.3 is 38.1 Å². The Hall–Kier alpha value is -2.84. The monoisotopic (exact) mass is 489 g/mol. The molecule has 2 aromatic carbocycles. The first kappa shape index (κ1) is 26.8. The van der Waals surface area contributed by atoms with Gasteiger partial charge in [0.25, 0.3) is 0 Å². The molecule has 35 heavy (non-hydrogen) atoms. The molecule has 0 amide bonds. The van der Waals surface area contributed by atoms with Crippen molar-refractivity contribution < 1.29 is 33.2 Å². The van der Waals surface area contributed by atoms with Crippen molar-refractivity contribution in [2.24, 2.45) is 0 Å². The van der Waals surface area contributed by atoms with E-state index in [1.165, 1.54) is 0 Å². The van der Waals surface area contributed by atoms with Gasteiger partial charge in [-0.05, 0) is 39.1 Å². The maximum absolute atomic E-state index is 6.61. The summed E-state index contributed by atoms with van der Waals surface area (Å²) >= 11 is 0. The largest absolute Gasteiger partial charge is 0.493 e. The number of benzene rings is 2. The van der Waals surface area contributed by atoms with Crippen molar-refractivity contribution in [2.45, 2.75) is 30.8 Å². The maximum atomic E-state index is 6.61. The first-order valence-electron chi connectivity index (χ1n) is 11.8. The fourth-order valence-corrected chi connectivity index (χ4v) is 5.07. The van der Waals surface area contributed by atoms with E-state index in [9.17, 15) is 0 Å². The third-order valence-electron chi connectivity index (χ3n) is 6.70. The minimum atomic E-state index is -0.103. The summed E-state index contributed by atoms with van der Waals surface area (Å²) < 4.78 is 40.6. The van der Waals surface area contributed by atoms with Gasteiger partial charge in [-0.25, -0.2) is 0 Å². The van der Waals surface area contributed by atoms with Gasteiger partial charge in [0.2, 0.25) is 11.5 Å². The molecule has 0 spiro atoms. The fourth-order valence-electron chi connectivity index (χ4n) is 5.07. The lowest BCUT2D eigenvalue weighted by Crippen LogP contribution is -2.28. The molecule has 1 fully saturated rings. The number of hydrogen-bond acceptors (Lipinski definition) is 8. The summed E-state index contributed by atoms with van der Waals surface area (Å²) in [7, 11) is 13.9. The quantitative estimate of drug-likeness (QED) is 0.436. The molecule has 0 aromatic heterocycles. The van der Waals surface area contributed by atoms with Crippen LogP contribution in [0.15, 0.2) is 24.3 Å². The minimum absolute atomic E-state index is 0.0923. The van der Waals surface area contributed by atoms with Gasteiger partial charge in [-0.3, -0.25) is 0 Å². The lowest BCUT2D eigenvalue weighted by atomic mass is 9.88. The van der Waals surface area contributed by atoms with Crippen molar-refractivity contribution in [3.05, 3.63) is 35.4 Å². The van der Waals surface area contributed by atoms with Gasteiger partial charge in [0.15, 0.2) is 23.0 Å². The van der Waals surface area contributed by atoms with Crippen LogP contribution in [0.1, 0.15) is 35.8 Å². The Bertz CT molecular complexity index is 907. The average molecular weight is 490 g/mol. The molecule has 1 aliphatic carbocycles. The van der Waals surface area contributed by atoms with E-state index in [1.54, 1.807) is 42.7 Å². The van der Waals surface area contributed by atoms with Gasteiger partial charge in [0, 0.05) is 29.5 Å². The zero-order valence-electron chi connectivity index (χ0n) is 22.2. The van der Waals surface area contributed by atoms with E-state index in [4.69, 9.17) is 33.2 Å². The van der Waals surface area contributed by atoms with Crippen LogP contribution in [0.25, 0.3) is 0 Å². The molecule has 8 heteroatoms. The van der Waals surface area contributed by atoms with Crippen LogP contribution in [-0.4, -0.2) is 80.9 Å². The summed E-state index contributed by atoms with van der Waals surface area (Å²) in [6, 6.07) is 7.97. The predicted octanol–water partition coefficient (Wildman–Crippen LogP) is 4.35. The number of ether oxygens (including phenoxy) is 7. The molecule has 0 saturated heterocycles. The Morgan fingerprint density at radius 1 is 0.629 bits per heavy atom. The molecule has 3 rings (SSSR count). The smallest absolute Gasteiger partial charge is 0.203 e. The van der Waals surface area contributed by atoms with Gasteiger partial charge >= 0.3 is 0 Å². The van der Waals surface area contributed by atoms with Crippen LogP contribution in [0.5, 0.6) is 34.5 Å². The van der Waals surface area contributed by atoms with Crippen LogP contribution >= 0.6 is 0 Å². The summed E-state index contributed by atoms with van der Waals surface area (Å²) in [5.41, 5.74) is 2.09. The molecular weight excluding hydrogens is 450 g/mol. The van der Waals surface area contributed by atoms with E-state index in [0.29, 0.717) is 41.1 Å². The Morgan fingerprint density at radius 2 is 1.06 bits per heavy atom. The van der Waals surface area contributed by atoms with Crippen LogP contribution in [0, 0.1) is 0 Å². The van der Waals surface area contributed by atoms with E-state index < -0.39 is 0 Å². The van der Waals surface area contributed by atoms with Crippen molar-refractivity contribution in [1.29, 1.82) is 0 Å². The molecule has 194 valence electrons. The van der Waals surface area contributed by atoms with Crippen LogP contribution in [0.3, 0.4) is 0 Å². The molecule has 0 heterocycles. The minimum Gasteiger partial charge on any atom is -0.493 e. The van der Waals surface area contributed by atoms with Crippen LogP contribution in [0.2, 0.25) is 0 Å². The van der Waals surface area contributed by atoms with Gasteiger partial charge in [-0.1, -0.05) is 12.1 Å². The molecule has 1 saturated carbocycles. The first-order valence-corrected chi connectivity index (χ1v) is 11.8. The summed E-state index contributed by atoms with van der Waals surface area (Å²) in [6.07, 6.45) is 1.73. The second-order valence-corrected chi connectivity index (χ2v) is 8.78. The number of hydrogen-bond donors (Lipinski definition) is 0. The van der Waals surface area contributed by atoms with Gasteiger partial charge in [0.1, 0.15) is 0 Å². The molecule has 0 radical (unpaired) electrons. The third kappa shape index (κ3) is 5.38. The van der Waals surface area contributed by atoms with Crippen molar-refractivity contribution in [3.63, 3.8) is 0 Å². The maximum Gasteiger partial charge on any atom is 0.203 e. The molecule has 2 atom stereocenters. The molecule has 8 nitrogen and oxygen atoms in total. The zero-order chi connectivity index (χ0) is 25.5. The highest BCUT2D eigenvalue weighted by Gasteiger charge is 2.42. The normalized spacial score (nSPS) is 18.0. The fraction of sp³-hybridized carbons (Fsp3) is 0.556. The predicted molar refractivity (Wildman–Crippen MR) is 135 cm³/mol. The molecule has 0 bridgehead atoms. The van der Waals surface area contributed by atoms with Crippen LogP contribution < -0.4 is 28.4 Å². The standard InChI is InChI=1S/C27H39NO7/c1-28(2)15-16-35-23-17(19-11-13-21(29-3)26(33-7)24(19)31-5)9-10-18(23)20-12-14-22(30-4)27(34-8)25(20)32-6/h11-14,17-18,23H,9-10,15-16H2,1-8H3/t17-,18-/m0/s1. The number of likely N-dealkylation sites (N-methyl/N-ethyl adjacent to an activating group) is 1. The lowest BCUT2D eigenvalue weighted by Gasteiger charge is -2.29. The molecular formula is C27H39NO7. The number of nitrogens with zero attached hydrogens (tertiary/aromatic N) is 1. The van der Waals surface area contributed by atoms with Gasteiger partial charge in [0.05, 0.1) is 55.4 Å². The topological polar surface area (TPSA) is 67.9 Å². The SMILES string of the molecule is COc1ccc([C@@H]2CC[C@@H](c3ccc(OC)c(OC)c3OC)C2OCCN(C)C)c(OC)c1OC. The number of methoxy groups -OCH3 is 6. The summed E-state index contributed by atoms with van der Waals surface area (Å²) in [5.74, 6) is 3.99. The van der Waals surface area contributed by atoms with Crippen LogP contribution in [0.4, 0.5) is 0 Å². The lowest BCUT2D eigenvalue weighted by molar-refractivity contribution is 0.0267.